The molecule has 0 radical (unpaired) electrons. The standard InChI is InChI=1S/C18H15N3O4/c1-20(16(23)12-7-3-2-4-8-12)11-15(22)19-21-17(24)13-9-5-6-10-14(13)18(21)25/h2-10H,11H2,1H3,(H,19,22). The minimum absolute atomic E-state index is 0.238. The van der Waals surface area contributed by atoms with Gasteiger partial charge in [-0.2, -0.15) is 5.01 Å². The van der Waals surface area contributed by atoms with Crippen LogP contribution in [0.4, 0.5) is 0 Å². The number of hydrazine groups is 1. The molecule has 3 rings (SSSR count). The third-order valence-corrected chi connectivity index (χ3v) is 3.78. The summed E-state index contributed by atoms with van der Waals surface area (Å²) in [6.07, 6.45) is 0. The lowest BCUT2D eigenvalue weighted by Gasteiger charge is -2.19. The van der Waals surface area contributed by atoms with Crippen molar-refractivity contribution in [1.29, 1.82) is 0 Å². The Morgan fingerprint density at radius 1 is 0.920 bits per heavy atom. The molecular formula is C18H15N3O4. The predicted octanol–water partition coefficient (Wildman–Crippen LogP) is 1.09. The van der Waals surface area contributed by atoms with E-state index in [0.717, 1.165) is 0 Å². The molecule has 1 N–H and O–H groups in total. The number of carbonyl (C=O) groups is 4. The van der Waals surface area contributed by atoms with Gasteiger partial charge in [0.1, 0.15) is 6.54 Å². The first-order valence-electron chi connectivity index (χ1n) is 7.57. The van der Waals surface area contributed by atoms with E-state index < -0.39 is 17.7 Å². The van der Waals surface area contributed by atoms with Crippen molar-refractivity contribution < 1.29 is 19.2 Å². The maximum absolute atomic E-state index is 12.2. The first-order valence-corrected chi connectivity index (χ1v) is 7.57. The van der Waals surface area contributed by atoms with Crippen LogP contribution in [0.1, 0.15) is 31.1 Å². The van der Waals surface area contributed by atoms with Gasteiger partial charge in [0.05, 0.1) is 11.1 Å². The fourth-order valence-electron chi connectivity index (χ4n) is 2.54. The van der Waals surface area contributed by atoms with Gasteiger partial charge in [-0.3, -0.25) is 24.6 Å². The molecule has 1 aliphatic heterocycles. The van der Waals surface area contributed by atoms with E-state index in [1.807, 2.05) is 0 Å². The van der Waals surface area contributed by atoms with Crippen molar-refractivity contribution in [3.63, 3.8) is 0 Å². The van der Waals surface area contributed by atoms with Gasteiger partial charge in [0, 0.05) is 12.6 Å². The number of amides is 4. The van der Waals surface area contributed by atoms with E-state index in [1.165, 1.54) is 24.1 Å². The fourth-order valence-corrected chi connectivity index (χ4v) is 2.54. The molecule has 7 nitrogen and oxygen atoms in total. The highest BCUT2D eigenvalue weighted by molar-refractivity contribution is 6.21. The van der Waals surface area contributed by atoms with Crippen LogP contribution in [0.2, 0.25) is 0 Å². The number of fused-ring (bicyclic) bond motifs is 1. The van der Waals surface area contributed by atoms with Crippen molar-refractivity contribution in [2.75, 3.05) is 13.6 Å². The molecule has 2 aromatic rings. The molecule has 1 heterocycles. The van der Waals surface area contributed by atoms with Crippen LogP contribution in [-0.2, 0) is 4.79 Å². The number of likely N-dealkylation sites (N-methyl/N-ethyl adjacent to an activating group) is 1. The van der Waals surface area contributed by atoms with E-state index in [0.29, 0.717) is 10.6 Å². The average molecular weight is 337 g/mol. The summed E-state index contributed by atoms with van der Waals surface area (Å²) in [5.41, 5.74) is 3.18. The summed E-state index contributed by atoms with van der Waals surface area (Å²) in [6.45, 7) is -0.291. The molecule has 1 aliphatic rings. The van der Waals surface area contributed by atoms with Gasteiger partial charge in [-0.05, 0) is 24.3 Å². The molecule has 2 aromatic carbocycles. The molecule has 0 aliphatic carbocycles. The molecule has 0 spiro atoms. The number of benzene rings is 2. The highest BCUT2D eigenvalue weighted by Crippen LogP contribution is 2.20. The van der Waals surface area contributed by atoms with Gasteiger partial charge in [0.2, 0.25) is 0 Å². The zero-order chi connectivity index (χ0) is 18.0. The van der Waals surface area contributed by atoms with Crippen LogP contribution in [0.25, 0.3) is 0 Å². The summed E-state index contributed by atoms with van der Waals surface area (Å²) in [5.74, 6) is -2.16. The lowest BCUT2D eigenvalue weighted by Crippen LogP contribution is -2.49. The molecule has 0 saturated heterocycles. The smallest absolute Gasteiger partial charge is 0.280 e. The van der Waals surface area contributed by atoms with Crippen LogP contribution >= 0.6 is 0 Å². The third-order valence-electron chi connectivity index (χ3n) is 3.78. The fraction of sp³-hybridized carbons (Fsp3) is 0.111. The van der Waals surface area contributed by atoms with Crippen molar-refractivity contribution in [2.24, 2.45) is 0 Å². The summed E-state index contributed by atoms with van der Waals surface area (Å²) in [6, 6.07) is 14.8. The summed E-state index contributed by atoms with van der Waals surface area (Å²) in [7, 11) is 1.47. The van der Waals surface area contributed by atoms with E-state index in [1.54, 1.807) is 42.5 Å². The number of rotatable bonds is 4. The molecule has 25 heavy (non-hydrogen) atoms. The Balaban J connectivity index is 1.65. The van der Waals surface area contributed by atoms with E-state index in [4.69, 9.17) is 0 Å². The predicted molar refractivity (Wildman–Crippen MR) is 88.5 cm³/mol. The number of hydrogen-bond donors (Lipinski definition) is 1. The molecule has 0 atom stereocenters. The first-order chi connectivity index (χ1) is 12.0. The van der Waals surface area contributed by atoms with E-state index in [-0.39, 0.29) is 23.6 Å². The first kappa shape index (κ1) is 16.4. The Hall–Kier alpha value is -3.48. The molecule has 0 aromatic heterocycles. The normalized spacial score (nSPS) is 12.8. The van der Waals surface area contributed by atoms with E-state index in [9.17, 15) is 19.2 Å². The second kappa shape index (κ2) is 6.56. The van der Waals surface area contributed by atoms with E-state index in [2.05, 4.69) is 5.43 Å². The van der Waals surface area contributed by atoms with Crippen molar-refractivity contribution in [1.82, 2.24) is 15.3 Å². The van der Waals surface area contributed by atoms with Crippen LogP contribution in [0, 0.1) is 0 Å². The largest absolute Gasteiger partial charge is 0.332 e. The molecular weight excluding hydrogens is 322 g/mol. The number of nitrogens with one attached hydrogen (secondary N) is 1. The van der Waals surface area contributed by atoms with Gasteiger partial charge < -0.3 is 4.90 Å². The summed E-state index contributed by atoms with van der Waals surface area (Å²) < 4.78 is 0. The number of imide groups is 1. The monoisotopic (exact) mass is 337 g/mol. The number of hydrogen-bond acceptors (Lipinski definition) is 4. The van der Waals surface area contributed by atoms with Gasteiger partial charge in [0.25, 0.3) is 23.6 Å². The van der Waals surface area contributed by atoms with Gasteiger partial charge in [0.15, 0.2) is 0 Å². The molecule has 0 unspecified atom stereocenters. The van der Waals surface area contributed by atoms with Crippen LogP contribution < -0.4 is 5.43 Å². The van der Waals surface area contributed by atoms with E-state index >= 15 is 0 Å². The zero-order valence-electron chi connectivity index (χ0n) is 13.4. The van der Waals surface area contributed by atoms with Crippen LogP contribution in [-0.4, -0.2) is 47.1 Å². The lowest BCUT2D eigenvalue weighted by molar-refractivity contribution is -0.124. The van der Waals surface area contributed by atoms with Gasteiger partial charge in [-0.25, -0.2) is 0 Å². The Kier molecular flexibility index (Phi) is 4.30. The van der Waals surface area contributed by atoms with Gasteiger partial charge >= 0.3 is 0 Å². The Morgan fingerprint density at radius 3 is 2.00 bits per heavy atom. The second-order valence-corrected chi connectivity index (χ2v) is 5.55. The average Bonchev–Trinajstić information content (AvgIpc) is 2.87. The quantitative estimate of drug-likeness (QED) is 0.846. The molecule has 0 bridgehead atoms. The minimum atomic E-state index is -0.638. The van der Waals surface area contributed by atoms with Crippen LogP contribution in [0.3, 0.4) is 0 Å². The van der Waals surface area contributed by atoms with Crippen LogP contribution in [0.15, 0.2) is 54.6 Å². The van der Waals surface area contributed by atoms with Crippen molar-refractivity contribution >= 4 is 23.6 Å². The molecule has 126 valence electrons. The second-order valence-electron chi connectivity index (χ2n) is 5.55. The molecule has 7 heteroatoms. The Labute approximate surface area is 143 Å². The summed E-state index contributed by atoms with van der Waals surface area (Å²) in [4.78, 5) is 50.0. The zero-order valence-corrected chi connectivity index (χ0v) is 13.4. The van der Waals surface area contributed by atoms with Crippen molar-refractivity contribution in [3.05, 3.63) is 71.3 Å². The molecule has 4 amide bonds. The van der Waals surface area contributed by atoms with Crippen LogP contribution in [0.5, 0.6) is 0 Å². The minimum Gasteiger partial charge on any atom is -0.332 e. The SMILES string of the molecule is CN(CC(=O)NN1C(=O)c2ccccc2C1=O)C(=O)c1ccccc1. The molecule has 0 saturated carbocycles. The highest BCUT2D eigenvalue weighted by atomic mass is 16.2. The number of carbonyl (C=O) groups excluding carboxylic acids is 4. The topological polar surface area (TPSA) is 86.8 Å². The summed E-state index contributed by atoms with van der Waals surface area (Å²) in [5, 5.41) is 0.674. The number of nitrogens with zero attached hydrogens (tertiary/aromatic N) is 2. The Morgan fingerprint density at radius 2 is 1.44 bits per heavy atom. The third kappa shape index (κ3) is 3.12. The lowest BCUT2D eigenvalue weighted by atomic mass is 10.1. The van der Waals surface area contributed by atoms with Gasteiger partial charge in [-0.1, -0.05) is 30.3 Å². The highest BCUT2D eigenvalue weighted by Gasteiger charge is 2.36. The van der Waals surface area contributed by atoms with Crippen molar-refractivity contribution in [2.45, 2.75) is 0 Å². The van der Waals surface area contributed by atoms with Gasteiger partial charge in [-0.15, -0.1) is 0 Å². The van der Waals surface area contributed by atoms with Crippen molar-refractivity contribution in [3.8, 4) is 0 Å². The summed E-state index contributed by atoms with van der Waals surface area (Å²) >= 11 is 0. The maximum atomic E-state index is 12.2. The maximum Gasteiger partial charge on any atom is 0.280 e. The molecule has 0 fully saturated rings. The Bertz CT molecular complexity index is 829.